The summed E-state index contributed by atoms with van der Waals surface area (Å²) in [6.45, 7) is 0.0695. The Labute approximate surface area is 367 Å². The highest BCUT2D eigenvalue weighted by molar-refractivity contribution is 5.87. The van der Waals surface area contributed by atoms with Gasteiger partial charge in [0.2, 0.25) is 0 Å². The number of fused-ring (bicyclic) bond motifs is 2. The van der Waals surface area contributed by atoms with Crippen molar-refractivity contribution in [1.82, 2.24) is 4.90 Å². The molecule has 4 aliphatic heterocycles. The van der Waals surface area contributed by atoms with E-state index in [1.54, 1.807) is 0 Å². The first-order valence-corrected chi connectivity index (χ1v) is 20.7. The summed E-state index contributed by atoms with van der Waals surface area (Å²) < 4.78 is 37.1. The van der Waals surface area contributed by atoms with Crippen molar-refractivity contribution < 1.29 is 13.6 Å². The van der Waals surface area contributed by atoms with Crippen LogP contribution in [0.25, 0.3) is 0 Å². The zero-order valence-electron chi connectivity index (χ0n) is 37.2. The molecule has 0 fully saturated rings. The molecule has 7 aromatic carbocycles. The van der Waals surface area contributed by atoms with Crippen LogP contribution in [0.15, 0.2) is 195 Å². The molecule has 0 N–H and O–H groups in total. The van der Waals surface area contributed by atoms with E-state index in [4.69, 9.17) is 13.6 Å². The Morgan fingerprint density at radius 1 is 0.371 bits per heavy atom. The molecule has 62 heavy (non-hydrogen) atoms. The Hall–Kier alpha value is -7.98. The summed E-state index contributed by atoms with van der Waals surface area (Å²) in [5.74, 6) is 2.94. The highest BCUT2D eigenvalue weighted by Gasteiger charge is 2.29. The minimum Gasteiger partial charge on any atom is -0.457 e. The summed E-state index contributed by atoms with van der Waals surface area (Å²) in [5.41, 5.74) is 10.00. The van der Waals surface area contributed by atoms with Crippen LogP contribution in [0.3, 0.4) is 0 Å². The van der Waals surface area contributed by atoms with Gasteiger partial charge in [-0.15, -0.1) is 0 Å². The first-order chi connectivity index (χ1) is 31.7. The van der Waals surface area contributed by atoms with Gasteiger partial charge in [0.05, 0.1) is 42.8 Å². The Kier molecular flexibility index (Phi) is 8.49. The lowest BCUT2D eigenvalue weighted by molar-refractivity contribution is 0.480. The van der Waals surface area contributed by atoms with Crippen molar-refractivity contribution in [3.8, 4) is 23.0 Å². The number of benzene rings is 7. The van der Waals surface area contributed by atoms with Gasteiger partial charge in [-0.1, -0.05) is 48.5 Å². The van der Waals surface area contributed by atoms with Gasteiger partial charge >= 0.3 is 0 Å². The fraction of sp³-hybridized carbons (Fsp3) is 0.115. The van der Waals surface area contributed by atoms with Crippen LogP contribution in [0.4, 0.5) is 56.9 Å². The lowest BCUT2D eigenvalue weighted by atomic mass is 10.2. The highest BCUT2D eigenvalue weighted by atomic mass is 16.5. The molecular formula is C52H46N8O2. The van der Waals surface area contributed by atoms with Crippen molar-refractivity contribution in [2.24, 2.45) is 0 Å². The third-order valence-corrected chi connectivity index (χ3v) is 11.6. The van der Waals surface area contributed by atoms with Gasteiger partial charge in [-0.2, -0.15) is 0 Å². The van der Waals surface area contributed by atoms with E-state index < -0.39 is 6.98 Å². The SMILES string of the molecule is [2H]C([2H])([2H])N1CN(c2cccc(Oc3cccc(N4C=CN(c5ccc(N6CN(c7cccc(Oc8cccc(N9C=CN(C)C9)c8)c7)c7ccccc76)cc5)C4)c3)c2)c2ccccc21. The van der Waals surface area contributed by atoms with E-state index in [9.17, 15) is 0 Å². The molecule has 0 aliphatic carbocycles. The van der Waals surface area contributed by atoms with Crippen LogP contribution in [0.1, 0.15) is 4.11 Å². The molecule has 0 radical (unpaired) electrons. The molecule has 0 aromatic heterocycles. The third kappa shape index (κ3) is 7.11. The van der Waals surface area contributed by atoms with Crippen molar-refractivity contribution in [1.29, 1.82) is 0 Å². The second-order valence-electron chi connectivity index (χ2n) is 15.7. The summed E-state index contributed by atoms with van der Waals surface area (Å²) in [6, 6.07) is 57.2. The largest absolute Gasteiger partial charge is 0.457 e. The Morgan fingerprint density at radius 3 is 1.32 bits per heavy atom. The quantitative estimate of drug-likeness (QED) is 0.133. The Balaban J connectivity index is 0.748. The Morgan fingerprint density at radius 2 is 0.790 bits per heavy atom. The molecule has 0 spiro atoms. The average Bonchev–Trinajstić information content (AvgIpc) is 4.15. The first-order valence-electron chi connectivity index (χ1n) is 22.2. The molecule has 11 rings (SSSR count). The number of hydrogen-bond acceptors (Lipinski definition) is 10. The molecule has 0 saturated carbocycles. The van der Waals surface area contributed by atoms with Gasteiger partial charge in [-0.25, -0.2) is 0 Å². The average molecular weight is 818 g/mol. The standard InChI is InChI=1S/C52H46N8O2/c1-53-27-28-55(35-53)41-11-7-15-45(31-41)61-48-18-10-14-44(34-48)60-38-59(51-21-5-6-22-52(51)60)40-25-23-39(24-26-40)56-29-30-57(37-56)42-12-8-16-46(32-42)62-47-17-9-13-43(33-47)58-36-54(2)49-19-3-4-20-50(49)58/h3-34H,35-38H2,1-2H3/i2D3. The molecule has 0 saturated heterocycles. The van der Waals surface area contributed by atoms with E-state index in [-0.39, 0.29) is 6.67 Å². The lowest BCUT2D eigenvalue weighted by Gasteiger charge is -2.24. The van der Waals surface area contributed by atoms with Gasteiger partial charge in [0, 0.05) is 101 Å². The zero-order valence-corrected chi connectivity index (χ0v) is 34.2. The molecule has 306 valence electrons. The topological polar surface area (TPSA) is 44.4 Å². The number of para-hydroxylation sites is 4. The van der Waals surface area contributed by atoms with Crippen LogP contribution in [-0.2, 0) is 0 Å². The lowest BCUT2D eigenvalue weighted by Crippen LogP contribution is -2.25. The summed E-state index contributed by atoms with van der Waals surface area (Å²) >= 11 is 0. The second-order valence-corrected chi connectivity index (χ2v) is 15.7. The van der Waals surface area contributed by atoms with Crippen LogP contribution in [0.2, 0.25) is 0 Å². The summed E-state index contributed by atoms with van der Waals surface area (Å²) in [7, 11) is 2.06. The van der Waals surface area contributed by atoms with E-state index in [0.717, 1.165) is 69.4 Å². The predicted octanol–water partition coefficient (Wildman–Crippen LogP) is 12.0. The van der Waals surface area contributed by atoms with E-state index in [1.807, 2.05) is 89.8 Å². The van der Waals surface area contributed by atoms with Crippen molar-refractivity contribution in [3.63, 3.8) is 0 Å². The van der Waals surface area contributed by atoms with Crippen LogP contribution in [0.5, 0.6) is 23.0 Å². The minimum absolute atomic E-state index is 0.221. The number of anilines is 10. The van der Waals surface area contributed by atoms with E-state index in [2.05, 4.69) is 146 Å². The Bertz CT molecular complexity index is 2940. The van der Waals surface area contributed by atoms with Crippen LogP contribution < -0.4 is 43.8 Å². The van der Waals surface area contributed by atoms with Gasteiger partial charge in [0.25, 0.3) is 0 Å². The van der Waals surface area contributed by atoms with Gasteiger partial charge in [-0.05, 0) is 97.1 Å². The van der Waals surface area contributed by atoms with E-state index in [0.29, 0.717) is 30.5 Å². The normalized spacial score (nSPS) is 16.2. The number of nitrogens with zero attached hydrogens (tertiary/aromatic N) is 8. The van der Waals surface area contributed by atoms with Crippen LogP contribution in [-0.4, -0.2) is 45.6 Å². The van der Waals surface area contributed by atoms with Gasteiger partial charge in [0.1, 0.15) is 29.7 Å². The molecule has 10 nitrogen and oxygen atoms in total. The maximum absolute atomic E-state index is 8.09. The summed E-state index contributed by atoms with van der Waals surface area (Å²) in [6.07, 6.45) is 8.34. The van der Waals surface area contributed by atoms with Gasteiger partial charge in [-0.3, -0.25) is 0 Å². The molecule has 0 amide bonds. The molecule has 0 bridgehead atoms. The predicted molar refractivity (Wildman–Crippen MR) is 253 cm³/mol. The van der Waals surface area contributed by atoms with Crippen molar-refractivity contribution in [3.05, 3.63) is 195 Å². The molecule has 4 heterocycles. The molecular weight excluding hydrogens is 769 g/mol. The van der Waals surface area contributed by atoms with Crippen LogP contribution in [0, 0.1) is 0 Å². The molecule has 10 heteroatoms. The number of hydrogen-bond donors (Lipinski definition) is 0. The molecule has 4 aliphatic rings. The van der Waals surface area contributed by atoms with E-state index in [1.165, 1.54) is 4.90 Å². The zero-order chi connectivity index (χ0) is 44.1. The first kappa shape index (κ1) is 33.8. The number of rotatable bonds is 10. The van der Waals surface area contributed by atoms with Crippen LogP contribution >= 0.6 is 0 Å². The fourth-order valence-corrected chi connectivity index (χ4v) is 8.52. The van der Waals surface area contributed by atoms with E-state index >= 15 is 0 Å². The maximum atomic E-state index is 8.09. The minimum atomic E-state index is -2.25. The maximum Gasteiger partial charge on any atom is 0.129 e. The second kappa shape index (κ2) is 15.6. The highest BCUT2D eigenvalue weighted by Crippen LogP contribution is 2.46. The van der Waals surface area contributed by atoms with Gasteiger partial charge < -0.3 is 48.7 Å². The third-order valence-electron chi connectivity index (χ3n) is 11.6. The van der Waals surface area contributed by atoms with Gasteiger partial charge in [0.15, 0.2) is 0 Å². The summed E-state index contributed by atoms with van der Waals surface area (Å²) in [4.78, 5) is 16.9. The van der Waals surface area contributed by atoms with Crippen molar-refractivity contribution in [2.75, 3.05) is 75.0 Å². The van der Waals surface area contributed by atoms with Crippen molar-refractivity contribution in [2.45, 2.75) is 0 Å². The smallest absolute Gasteiger partial charge is 0.129 e. The number of ether oxygens (including phenoxy) is 2. The van der Waals surface area contributed by atoms with Crippen molar-refractivity contribution >= 4 is 56.9 Å². The fourth-order valence-electron chi connectivity index (χ4n) is 8.52. The summed E-state index contributed by atoms with van der Waals surface area (Å²) in [5, 5.41) is 0. The molecule has 0 unspecified atom stereocenters. The molecule has 7 aromatic rings. The molecule has 0 atom stereocenters. The monoisotopic (exact) mass is 817 g/mol.